The van der Waals surface area contributed by atoms with Crippen LogP contribution in [0.1, 0.15) is 11.7 Å². The number of hydrogen-bond donors (Lipinski definition) is 0. The molecule has 112 valence electrons. The Hall–Kier alpha value is -2.23. The van der Waals surface area contributed by atoms with E-state index in [0.29, 0.717) is 6.61 Å². The van der Waals surface area contributed by atoms with E-state index in [1.54, 1.807) is 14.2 Å². The van der Waals surface area contributed by atoms with E-state index in [-0.39, 0.29) is 6.10 Å². The van der Waals surface area contributed by atoms with Crippen LogP contribution >= 0.6 is 0 Å². The number of methoxy groups -OCH3 is 2. The largest absolute Gasteiger partial charge is 0.382 e. The molecule has 0 radical (unpaired) electrons. The minimum absolute atomic E-state index is 0.141. The second kappa shape index (κ2) is 6.69. The van der Waals surface area contributed by atoms with Crippen molar-refractivity contribution in [2.45, 2.75) is 6.10 Å². The molecule has 1 unspecified atom stereocenters. The first-order valence-electron chi connectivity index (χ1n) is 7.30. The Kier molecular flexibility index (Phi) is 4.47. The third kappa shape index (κ3) is 2.73. The van der Waals surface area contributed by atoms with Gasteiger partial charge in [0.2, 0.25) is 0 Å². The molecule has 0 aliphatic carbocycles. The number of pyridine rings is 1. The highest BCUT2D eigenvalue weighted by molar-refractivity contribution is 5.96. The molecule has 0 aliphatic rings. The molecule has 0 spiro atoms. The first-order chi connectivity index (χ1) is 10.8. The van der Waals surface area contributed by atoms with Gasteiger partial charge in [0.05, 0.1) is 12.1 Å². The van der Waals surface area contributed by atoms with Crippen LogP contribution in [-0.4, -0.2) is 25.8 Å². The van der Waals surface area contributed by atoms with Crippen molar-refractivity contribution in [2.75, 3.05) is 20.8 Å². The number of rotatable bonds is 5. The Morgan fingerprint density at radius 2 is 1.68 bits per heavy atom. The summed E-state index contributed by atoms with van der Waals surface area (Å²) in [6.45, 7) is 0.496. The molecule has 3 aromatic rings. The van der Waals surface area contributed by atoms with E-state index in [4.69, 9.17) is 9.47 Å². The third-order valence-corrected chi connectivity index (χ3v) is 3.82. The molecule has 0 N–H and O–H groups in total. The van der Waals surface area contributed by atoms with Crippen molar-refractivity contribution < 1.29 is 9.47 Å². The van der Waals surface area contributed by atoms with Crippen LogP contribution in [0.4, 0.5) is 0 Å². The summed E-state index contributed by atoms with van der Waals surface area (Å²) in [7, 11) is 3.39. The van der Waals surface area contributed by atoms with E-state index in [0.717, 1.165) is 27.6 Å². The Balaban J connectivity index is 2.28. The first-order valence-corrected chi connectivity index (χ1v) is 7.30. The van der Waals surface area contributed by atoms with E-state index in [9.17, 15) is 0 Å². The van der Waals surface area contributed by atoms with Gasteiger partial charge in [-0.25, -0.2) is 0 Å². The number of hydrogen-bond acceptors (Lipinski definition) is 3. The highest BCUT2D eigenvalue weighted by Crippen LogP contribution is 2.35. The van der Waals surface area contributed by atoms with Gasteiger partial charge in [-0.3, -0.25) is 4.98 Å². The van der Waals surface area contributed by atoms with Gasteiger partial charge in [-0.2, -0.15) is 0 Å². The summed E-state index contributed by atoms with van der Waals surface area (Å²) in [5.41, 5.74) is 4.36. The van der Waals surface area contributed by atoms with Crippen LogP contribution in [0.15, 0.2) is 60.8 Å². The van der Waals surface area contributed by atoms with Crippen molar-refractivity contribution in [3.63, 3.8) is 0 Å². The smallest absolute Gasteiger partial charge is 0.107 e. The maximum atomic E-state index is 5.62. The summed E-state index contributed by atoms with van der Waals surface area (Å²) in [6.07, 6.45) is 1.76. The third-order valence-electron chi connectivity index (χ3n) is 3.82. The van der Waals surface area contributed by atoms with Crippen molar-refractivity contribution in [3.05, 3.63) is 66.4 Å². The molecule has 2 aromatic carbocycles. The van der Waals surface area contributed by atoms with E-state index < -0.39 is 0 Å². The first kappa shape index (κ1) is 14.7. The number of benzene rings is 2. The quantitative estimate of drug-likeness (QED) is 0.705. The Labute approximate surface area is 130 Å². The van der Waals surface area contributed by atoms with Crippen molar-refractivity contribution in [3.8, 4) is 11.1 Å². The highest BCUT2D eigenvalue weighted by atomic mass is 16.5. The maximum Gasteiger partial charge on any atom is 0.107 e. The monoisotopic (exact) mass is 293 g/mol. The summed E-state index contributed by atoms with van der Waals surface area (Å²) in [5, 5.41) is 1.13. The van der Waals surface area contributed by atoms with Crippen LogP contribution in [0.3, 0.4) is 0 Å². The van der Waals surface area contributed by atoms with Crippen molar-refractivity contribution in [1.82, 2.24) is 4.98 Å². The lowest BCUT2D eigenvalue weighted by Gasteiger charge is -2.20. The van der Waals surface area contributed by atoms with E-state index in [1.807, 2.05) is 42.6 Å². The van der Waals surface area contributed by atoms with Crippen LogP contribution < -0.4 is 0 Å². The maximum absolute atomic E-state index is 5.62. The second-order valence-electron chi connectivity index (χ2n) is 5.15. The van der Waals surface area contributed by atoms with E-state index in [2.05, 4.69) is 23.2 Å². The SMILES string of the molecule is COCC(OC)c1cnc2ccccc2c1-c1ccccc1. The number of para-hydroxylation sites is 1. The number of ether oxygens (including phenoxy) is 2. The number of aromatic nitrogens is 1. The molecule has 0 amide bonds. The molecule has 0 fully saturated rings. The normalized spacial score (nSPS) is 12.5. The van der Waals surface area contributed by atoms with Gasteiger partial charge in [0.15, 0.2) is 0 Å². The van der Waals surface area contributed by atoms with Gasteiger partial charge in [-0.15, -0.1) is 0 Å². The summed E-state index contributed by atoms with van der Waals surface area (Å²) in [5.74, 6) is 0. The van der Waals surface area contributed by atoms with Crippen molar-refractivity contribution in [2.24, 2.45) is 0 Å². The molecule has 1 aromatic heterocycles. The molecule has 0 saturated carbocycles. The summed E-state index contributed by atoms with van der Waals surface area (Å²) in [4.78, 5) is 4.58. The van der Waals surface area contributed by atoms with Gasteiger partial charge >= 0.3 is 0 Å². The predicted molar refractivity (Wildman–Crippen MR) is 88.8 cm³/mol. The van der Waals surface area contributed by atoms with Gasteiger partial charge in [-0.05, 0) is 17.2 Å². The Bertz CT molecular complexity index is 756. The van der Waals surface area contributed by atoms with Crippen molar-refractivity contribution >= 4 is 10.9 Å². The topological polar surface area (TPSA) is 31.4 Å². The number of nitrogens with zero attached hydrogens (tertiary/aromatic N) is 1. The van der Waals surface area contributed by atoms with E-state index in [1.165, 1.54) is 0 Å². The van der Waals surface area contributed by atoms with Gasteiger partial charge < -0.3 is 9.47 Å². The fourth-order valence-corrected chi connectivity index (χ4v) is 2.76. The fourth-order valence-electron chi connectivity index (χ4n) is 2.76. The minimum Gasteiger partial charge on any atom is -0.382 e. The van der Waals surface area contributed by atoms with Crippen LogP contribution in [0.25, 0.3) is 22.0 Å². The standard InChI is InChI=1S/C19H19NO2/c1-21-13-18(22-2)16-12-20-17-11-7-6-10-15(17)19(16)14-8-4-3-5-9-14/h3-12,18H,13H2,1-2H3. The van der Waals surface area contributed by atoms with Crippen LogP contribution in [0.2, 0.25) is 0 Å². The molecule has 0 saturated heterocycles. The molecule has 3 nitrogen and oxygen atoms in total. The molecule has 0 aliphatic heterocycles. The zero-order chi connectivity index (χ0) is 15.4. The molecule has 0 bridgehead atoms. The zero-order valence-electron chi connectivity index (χ0n) is 12.8. The molecule has 1 heterocycles. The molecular weight excluding hydrogens is 274 g/mol. The number of fused-ring (bicyclic) bond motifs is 1. The summed E-state index contributed by atoms with van der Waals surface area (Å²) >= 11 is 0. The second-order valence-corrected chi connectivity index (χ2v) is 5.15. The highest BCUT2D eigenvalue weighted by Gasteiger charge is 2.18. The average Bonchev–Trinajstić information content (AvgIpc) is 2.59. The summed E-state index contributed by atoms with van der Waals surface area (Å²) in [6, 6.07) is 18.5. The molecule has 22 heavy (non-hydrogen) atoms. The van der Waals surface area contributed by atoms with Crippen LogP contribution in [0.5, 0.6) is 0 Å². The summed E-state index contributed by atoms with van der Waals surface area (Å²) < 4.78 is 10.9. The lowest BCUT2D eigenvalue weighted by Crippen LogP contribution is -2.10. The minimum atomic E-state index is -0.141. The van der Waals surface area contributed by atoms with Gasteiger partial charge in [-0.1, -0.05) is 48.5 Å². The zero-order valence-corrected chi connectivity index (χ0v) is 12.8. The lowest BCUT2D eigenvalue weighted by molar-refractivity contribution is 0.0277. The molecule has 3 heteroatoms. The fraction of sp³-hybridized carbons (Fsp3) is 0.211. The van der Waals surface area contributed by atoms with Crippen LogP contribution in [-0.2, 0) is 9.47 Å². The van der Waals surface area contributed by atoms with Gasteiger partial charge in [0.25, 0.3) is 0 Å². The van der Waals surface area contributed by atoms with Gasteiger partial charge in [0, 0.05) is 31.4 Å². The molecule has 3 rings (SSSR count). The molecular formula is C19H19NO2. The van der Waals surface area contributed by atoms with Crippen molar-refractivity contribution in [1.29, 1.82) is 0 Å². The molecule has 1 atom stereocenters. The average molecular weight is 293 g/mol. The Morgan fingerprint density at radius 3 is 2.41 bits per heavy atom. The lowest BCUT2D eigenvalue weighted by atomic mass is 9.94. The van der Waals surface area contributed by atoms with Crippen LogP contribution in [0, 0.1) is 0 Å². The predicted octanol–water partition coefficient (Wildman–Crippen LogP) is 4.24. The van der Waals surface area contributed by atoms with Gasteiger partial charge in [0.1, 0.15) is 6.10 Å². The Morgan fingerprint density at radius 1 is 0.955 bits per heavy atom. The van der Waals surface area contributed by atoms with E-state index >= 15 is 0 Å².